The summed E-state index contributed by atoms with van der Waals surface area (Å²) < 4.78 is 46.8. The summed E-state index contributed by atoms with van der Waals surface area (Å²) in [6.07, 6.45) is 0. The molecule has 0 bridgehead atoms. The molecule has 0 aliphatic heterocycles. The zero-order valence-electron chi connectivity index (χ0n) is 18.6. The quantitative estimate of drug-likeness (QED) is 0.497. The van der Waals surface area contributed by atoms with Crippen molar-refractivity contribution in [3.05, 3.63) is 89.7 Å². The first-order chi connectivity index (χ1) is 15.7. The predicted molar refractivity (Wildman–Crippen MR) is 125 cm³/mol. The van der Waals surface area contributed by atoms with Crippen LogP contribution in [0.2, 0.25) is 0 Å². The summed E-state index contributed by atoms with van der Waals surface area (Å²) in [7, 11) is 1.29. The molecule has 1 atom stereocenters. The molecule has 33 heavy (non-hydrogen) atoms. The van der Waals surface area contributed by atoms with Gasteiger partial charge in [-0.3, -0.25) is 9.52 Å². The first kappa shape index (κ1) is 24.2. The lowest BCUT2D eigenvalue weighted by Crippen LogP contribution is -2.34. The van der Waals surface area contributed by atoms with Gasteiger partial charge in [-0.1, -0.05) is 18.2 Å². The van der Waals surface area contributed by atoms with Crippen molar-refractivity contribution in [1.82, 2.24) is 10.2 Å². The first-order valence-electron chi connectivity index (χ1n) is 10.2. The number of methoxy groups -OCH3 is 1. The van der Waals surface area contributed by atoms with Gasteiger partial charge in [0.05, 0.1) is 18.0 Å². The Morgan fingerprint density at radius 3 is 2.36 bits per heavy atom. The summed E-state index contributed by atoms with van der Waals surface area (Å²) in [6.45, 7) is 0.219. The molecule has 174 valence electrons. The van der Waals surface area contributed by atoms with Crippen LogP contribution in [-0.2, 0) is 10.0 Å². The molecule has 0 fully saturated rings. The number of sulfonamides is 1. The van der Waals surface area contributed by atoms with Gasteiger partial charge in [0.1, 0.15) is 11.6 Å². The molecule has 2 N–H and O–H groups in total. The van der Waals surface area contributed by atoms with Crippen LogP contribution in [0.4, 0.5) is 10.1 Å². The Kier molecular flexibility index (Phi) is 7.67. The third kappa shape index (κ3) is 6.30. The number of amides is 1. The van der Waals surface area contributed by atoms with E-state index in [1.54, 1.807) is 36.4 Å². The highest BCUT2D eigenvalue weighted by atomic mass is 32.2. The summed E-state index contributed by atoms with van der Waals surface area (Å²) in [5.41, 5.74) is 1.29. The number of anilines is 1. The average molecular weight is 472 g/mol. The van der Waals surface area contributed by atoms with Crippen LogP contribution in [-0.4, -0.2) is 47.0 Å². The van der Waals surface area contributed by atoms with Crippen molar-refractivity contribution in [2.75, 3.05) is 32.5 Å². The summed E-state index contributed by atoms with van der Waals surface area (Å²) in [6, 6.07) is 18.2. The normalized spacial score (nSPS) is 12.3. The Morgan fingerprint density at radius 2 is 1.73 bits per heavy atom. The molecule has 9 heteroatoms. The lowest BCUT2D eigenvalue weighted by molar-refractivity contribution is 0.0941. The van der Waals surface area contributed by atoms with Crippen molar-refractivity contribution in [3.63, 3.8) is 0 Å². The predicted octanol–water partition coefficient (Wildman–Crippen LogP) is 3.67. The van der Waals surface area contributed by atoms with E-state index >= 15 is 0 Å². The van der Waals surface area contributed by atoms with Crippen LogP contribution >= 0.6 is 0 Å². The maximum atomic E-state index is 13.6. The molecule has 0 aromatic heterocycles. The van der Waals surface area contributed by atoms with Gasteiger partial charge in [0.15, 0.2) is 0 Å². The number of hydrogen-bond donors (Lipinski definition) is 2. The van der Waals surface area contributed by atoms with Gasteiger partial charge in [0.25, 0.3) is 15.9 Å². The number of nitrogens with one attached hydrogen (secondary N) is 2. The molecule has 3 rings (SSSR count). The van der Waals surface area contributed by atoms with Crippen LogP contribution in [0.5, 0.6) is 5.75 Å². The van der Waals surface area contributed by atoms with Crippen LogP contribution in [0.15, 0.2) is 77.7 Å². The summed E-state index contributed by atoms with van der Waals surface area (Å²) in [5, 5.41) is 2.81. The number of carbonyl (C=O) groups is 1. The fourth-order valence-electron chi connectivity index (χ4n) is 3.28. The standard InChI is InChI=1S/C24H26FN3O4S/c1-28(2)23(17-6-4-8-19(25)14-17)16-26-24(29)18-7-5-9-22(15-18)33(30,31)27-20-10-12-21(32-3)13-11-20/h4-15,23,27H,16H2,1-3H3,(H,26,29)/t23-/m1/s1. The van der Waals surface area contributed by atoms with Gasteiger partial charge in [0, 0.05) is 17.8 Å². The summed E-state index contributed by atoms with van der Waals surface area (Å²) in [4.78, 5) is 14.6. The largest absolute Gasteiger partial charge is 0.497 e. The lowest BCUT2D eigenvalue weighted by Gasteiger charge is -2.25. The van der Waals surface area contributed by atoms with Crippen LogP contribution in [0.1, 0.15) is 22.0 Å². The monoisotopic (exact) mass is 471 g/mol. The second kappa shape index (κ2) is 10.5. The Labute approximate surface area is 193 Å². The number of hydrogen-bond acceptors (Lipinski definition) is 5. The van der Waals surface area contributed by atoms with Crippen LogP contribution in [0.25, 0.3) is 0 Å². The van der Waals surface area contributed by atoms with Crippen molar-refractivity contribution >= 4 is 21.6 Å². The fourth-order valence-corrected chi connectivity index (χ4v) is 4.39. The van der Waals surface area contributed by atoms with Gasteiger partial charge >= 0.3 is 0 Å². The van der Waals surface area contributed by atoms with E-state index in [9.17, 15) is 17.6 Å². The number of ether oxygens (including phenoxy) is 1. The molecule has 3 aromatic carbocycles. The number of halogens is 1. The third-order valence-electron chi connectivity index (χ3n) is 5.06. The van der Waals surface area contributed by atoms with Gasteiger partial charge in [-0.15, -0.1) is 0 Å². The molecule has 0 heterocycles. The van der Waals surface area contributed by atoms with Gasteiger partial charge < -0.3 is 15.0 Å². The maximum Gasteiger partial charge on any atom is 0.261 e. The van der Waals surface area contributed by atoms with Gasteiger partial charge in [-0.25, -0.2) is 12.8 Å². The van der Waals surface area contributed by atoms with Crippen LogP contribution in [0, 0.1) is 5.82 Å². The molecule has 0 saturated carbocycles. The number of rotatable bonds is 9. The molecule has 0 spiro atoms. The fraction of sp³-hybridized carbons (Fsp3) is 0.208. The Balaban J connectivity index is 1.72. The Bertz CT molecular complexity index is 1210. The van der Waals surface area contributed by atoms with Crippen molar-refractivity contribution < 1.29 is 22.3 Å². The van der Waals surface area contributed by atoms with Gasteiger partial charge in [0.2, 0.25) is 0 Å². The second-order valence-corrected chi connectivity index (χ2v) is 9.29. The van der Waals surface area contributed by atoms with Crippen LogP contribution < -0.4 is 14.8 Å². The van der Waals surface area contributed by atoms with E-state index < -0.39 is 15.9 Å². The minimum Gasteiger partial charge on any atom is -0.497 e. The number of benzene rings is 3. The van der Waals surface area contributed by atoms with Gasteiger partial charge in [-0.05, 0) is 74.3 Å². The van der Waals surface area contributed by atoms with E-state index in [4.69, 9.17) is 4.74 Å². The van der Waals surface area contributed by atoms with Crippen molar-refractivity contribution in [2.24, 2.45) is 0 Å². The molecule has 0 aliphatic rings. The minimum atomic E-state index is -3.90. The minimum absolute atomic E-state index is 0.0414. The number of carbonyl (C=O) groups excluding carboxylic acids is 1. The lowest BCUT2D eigenvalue weighted by atomic mass is 10.1. The summed E-state index contributed by atoms with van der Waals surface area (Å²) in [5.74, 6) is -0.182. The SMILES string of the molecule is COc1ccc(NS(=O)(=O)c2cccc(C(=O)NC[C@H](c3cccc(F)c3)N(C)C)c2)cc1. The first-order valence-corrected chi connectivity index (χ1v) is 11.6. The summed E-state index contributed by atoms with van der Waals surface area (Å²) >= 11 is 0. The second-order valence-electron chi connectivity index (χ2n) is 7.61. The molecule has 0 radical (unpaired) electrons. The maximum absolute atomic E-state index is 13.6. The smallest absolute Gasteiger partial charge is 0.261 e. The Morgan fingerprint density at radius 1 is 1.03 bits per heavy atom. The molecule has 0 aliphatic carbocycles. The molecule has 0 saturated heterocycles. The van der Waals surface area contributed by atoms with E-state index in [2.05, 4.69) is 10.0 Å². The zero-order valence-corrected chi connectivity index (χ0v) is 19.4. The van der Waals surface area contributed by atoms with Gasteiger partial charge in [-0.2, -0.15) is 0 Å². The Hall–Kier alpha value is -3.43. The molecular weight excluding hydrogens is 445 g/mol. The molecule has 0 unspecified atom stereocenters. The number of likely N-dealkylation sites (N-methyl/N-ethyl adjacent to an activating group) is 1. The molecule has 1 amide bonds. The topological polar surface area (TPSA) is 87.7 Å². The van der Waals surface area contributed by atoms with E-state index in [0.29, 0.717) is 11.4 Å². The van der Waals surface area contributed by atoms with Crippen molar-refractivity contribution in [2.45, 2.75) is 10.9 Å². The van der Waals surface area contributed by atoms with E-state index in [-0.39, 0.29) is 28.9 Å². The van der Waals surface area contributed by atoms with E-state index in [1.807, 2.05) is 19.0 Å². The van der Waals surface area contributed by atoms with E-state index in [1.165, 1.54) is 43.5 Å². The molecule has 3 aromatic rings. The highest BCUT2D eigenvalue weighted by Crippen LogP contribution is 2.21. The van der Waals surface area contributed by atoms with E-state index in [0.717, 1.165) is 5.56 Å². The molecular formula is C24H26FN3O4S. The highest BCUT2D eigenvalue weighted by Gasteiger charge is 2.19. The molecule has 7 nitrogen and oxygen atoms in total. The van der Waals surface area contributed by atoms with Crippen LogP contribution in [0.3, 0.4) is 0 Å². The van der Waals surface area contributed by atoms with Crippen molar-refractivity contribution in [3.8, 4) is 5.75 Å². The number of nitrogens with zero attached hydrogens (tertiary/aromatic N) is 1. The highest BCUT2D eigenvalue weighted by molar-refractivity contribution is 7.92. The third-order valence-corrected chi connectivity index (χ3v) is 6.44. The average Bonchev–Trinajstić information content (AvgIpc) is 2.79. The zero-order chi connectivity index (χ0) is 24.0. The van der Waals surface area contributed by atoms with Crippen molar-refractivity contribution in [1.29, 1.82) is 0 Å².